The molecule has 0 amide bonds. The molecule has 21 heavy (non-hydrogen) atoms. The van der Waals surface area contributed by atoms with Gasteiger partial charge in [0.1, 0.15) is 0 Å². The average Bonchev–Trinajstić information content (AvgIpc) is 2.96. The smallest absolute Gasteiger partial charge is 0.231 e. The zero-order chi connectivity index (χ0) is 14.9. The van der Waals surface area contributed by atoms with Gasteiger partial charge in [-0.1, -0.05) is 6.07 Å². The Labute approximate surface area is 130 Å². The molecule has 1 heterocycles. The van der Waals surface area contributed by atoms with E-state index in [4.69, 9.17) is 9.47 Å². The van der Waals surface area contributed by atoms with Gasteiger partial charge in [-0.15, -0.1) is 0 Å². The highest BCUT2D eigenvalue weighted by molar-refractivity contribution is 7.98. The van der Waals surface area contributed by atoms with Gasteiger partial charge in [-0.05, 0) is 43.0 Å². The van der Waals surface area contributed by atoms with Crippen LogP contribution in [0, 0.1) is 0 Å². The minimum Gasteiger partial charge on any atom is -0.454 e. The predicted octanol–water partition coefficient (Wildman–Crippen LogP) is 2.22. The van der Waals surface area contributed by atoms with Gasteiger partial charge in [0.25, 0.3) is 0 Å². The molecule has 5 nitrogen and oxygen atoms in total. The average molecular weight is 309 g/mol. The van der Waals surface area contributed by atoms with Gasteiger partial charge in [-0.3, -0.25) is 0 Å². The quantitative estimate of drug-likeness (QED) is 0.459. The minimum atomic E-state index is 0.307. The van der Waals surface area contributed by atoms with Gasteiger partial charge < -0.3 is 20.1 Å². The molecule has 116 valence electrons. The van der Waals surface area contributed by atoms with Crippen molar-refractivity contribution >= 4 is 17.7 Å². The maximum Gasteiger partial charge on any atom is 0.231 e. The predicted molar refractivity (Wildman–Crippen MR) is 88.4 cm³/mol. The van der Waals surface area contributed by atoms with E-state index in [2.05, 4.69) is 28.8 Å². The van der Waals surface area contributed by atoms with Crippen molar-refractivity contribution in [3.8, 4) is 11.5 Å². The first kappa shape index (κ1) is 15.8. The van der Waals surface area contributed by atoms with E-state index in [1.165, 1.54) is 0 Å². The molecule has 0 radical (unpaired) electrons. The Bertz CT molecular complexity index is 480. The van der Waals surface area contributed by atoms with E-state index in [-0.39, 0.29) is 0 Å². The summed E-state index contributed by atoms with van der Waals surface area (Å²) in [6.45, 7) is 4.79. The van der Waals surface area contributed by atoms with Crippen LogP contribution in [-0.2, 0) is 6.54 Å². The molecule has 1 aliphatic rings. The van der Waals surface area contributed by atoms with Gasteiger partial charge in [-0.25, -0.2) is 4.99 Å². The maximum absolute atomic E-state index is 5.38. The molecule has 0 atom stereocenters. The van der Waals surface area contributed by atoms with Gasteiger partial charge in [0, 0.05) is 13.1 Å². The number of hydrogen-bond donors (Lipinski definition) is 2. The van der Waals surface area contributed by atoms with Crippen LogP contribution >= 0.6 is 11.8 Å². The number of thioether (sulfide) groups is 1. The number of fused-ring (bicyclic) bond motifs is 1. The Morgan fingerprint density at radius 2 is 2.14 bits per heavy atom. The molecule has 0 bridgehead atoms. The van der Waals surface area contributed by atoms with Gasteiger partial charge in [0.15, 0.2) is 17.5 Å². The monoisotopic (exact) mass is 309 g/mol. The lowest BCUT2D eigenvalue weighted by atomic mass is 10.2. The highest BCUT2D eigenvalue weighted by Gasteiger charge is 2.12. The molecular weight excluding hydrogens is 286 g/mol. The summed E-state index contributed by atoms with van der Waals surface area (Å²) in [5.74, 6) is 3.64. The van der Waals surface area contributed by atoms with Crippen LogP contribution in [0.3, 0.4) is 0 Å². The van der Waals surface area contributed by atoms with Crippen LogP contribution in [0.15, 0.2) is 23.2 Å². The number of hydrogen-bond acceptors (Lipinski definition) is 4. The number of benzene rings is 1. The summed E-state index contributed by atoms with van der Waals surface area (Å²) >= 11 is 1.86. The standard InChI is InChI=1S/C15H23N3O2S/c1-3-16-15(17-7-4-8-21-2)18-10-12-5-6-13-14(9-12)20-11-19-13/h5-6,9H,3-4,7-8,10-11H2,1-2H3,(H2,16,17,18). The molecule has 0 saturated heterocycles. The summed E-state index contributed by atoms with van der Waals surface area (Å²) in [5, 5.41) is 6.61. The first-order valence-corrected chi connectivity index (χ1v) is 8.62. The third kappa shape index (κ3) is 5.04. The first-order valence-electron chi connectivity index (χ1n) is 7.23. The van der Waals surface area contributed by atoms with Crippen molar-refractivity contribution < 1.29 is 9.47 Å². The van der Waals surface area contributed by atoms with Crippen LogP contribution in [0.5, 0.6) is 11.5 Å². The zero-order valence-corrected chi connectivity index (χ0v) is 13.5. The molecule has 6 heteroatoms. The topological polar surface area (TPSA) is 54.9 Å². The van der Waals surface area contributed by atoms with Crippen molar-refractivity contribution in [1.29, 1.82) is 0 Å². The Morgan fingerprint density at radius 1 is 1.29 bits per heavy atom. The molecule has 2 rings (SSSR count). The minimum absolute atomic E-state index is 0.307. The van der Waals surface area contributed by atoms with E-state index in [0.29, 0.717) is 13.3 Å². The lowest BCUT2D eigenvalue weighted by Gasteiger charge is -2.11. The number of nitrogens with one attached hydrogen (secondary N) is 2. The molecule has 0 saturated carbocycles. The molecule has 0 aromatic heterocycles. The fraction of sp³-hybridized carbons (Fsp3) is 0.533. The second-order valence-corrected chi connectivity index (χ2v) is 5.64. The van der Waals surface area contributed by atoms with E-state index >= 15 is 0 Å². The maximum atomic E-state index is 5.38. The molecule has 1 aromatic carbocycles. The fourth-order valence-electron chi connectivity index (χ4n) is 1.97. The molecule has 1 aromatic rings. The van der Waals surface area contributed by atoms with Crippen LogP contribution in [0.25, 0.3) is 0 Å². The summed E-state index contributed by atoms with van der Waals surface area (Å²) in [6, 6.07) is 5.95. The highest BCUT2D eigenvalue weighted by Crippen LogP contribution is 2.32. The summed E-state index contributed by atoms with van der Waals surface area (Å²) < 4.78 is 10.7. The summed E-state index contributed by atoms with van der Waals surface area (Å²) in [5.41, 5.74) is 1.11. The molecule has 0 fully saturated rings. The molecule has 0 aliphatic carbocycles. The number of nitrogens with zero attached hydrogens (tertiary/aromatic N) is 1. The number of guanidine groups is 1. The number of aliphatic imine (C=N–C) groups is 1. The van der Waals surface area contributed by atoms with Crippen LogP contribution in [-0.4, -0.2) is 37.9 Å². The van der Waals surface area contributed by atoms with E-state index in [0.717, 1.165) is 48.3 Å². The lowest BCUT2D eigenvalue weighted by molar-refractivity contribution is 0.174. The van der Waals surface area contributed by atoms with Crippen LogP contribution in [0.4, 0.5) is 0 Å². The Hall–Kier alpha value is -1.56. The normalized spacial score (nSPS) is 13.3. The Kier molecular flexibility index (Phi) is 6.53. The molecular formula is C15H23N3O2S. The van der Waals surface area contributed by atoms with Gasteiger partial charge in [0.2, 0.25) is 6.79 Å². The molecule has 0 spiro atoms. The van der Waals surface area contributed by atoms with Gasteiger partial charge in [0.05, 0.1) is 6.54 Å². The fourth-order valence-corrected chi connectivity index (χ4v) is 2.41. The van der Waals surface area contributed by atoms with Crippen molar-refractivity contribution in [1.82, 2.24) is 10.6 Å². The largest absolute Gasteiger partial charge is 0.454 e. The van der Waals surface area contributed by atoms with Crippen LogP contribution in [0.2, 0.25) is 0 Å². The van der Waals surface area contributed by atoms with Gasteiger partial charge in [-0.2, -0.15) is 11.8 Å². The van der Waals surface area contributed by atoms with Crippen molar-refractivity contribution in [3.63, 3.8) is 0 Å². The highest BCUT2D eigenvalue weighted by atomic mass is 32.2. The summed E-state index contributed by atoms with van der Waals surface area (Å²) in [7, 11) is 0. The first-order chi connectivity index (χ1) is 10.3. The summed E-state index contributed by atoms with van der Waals surface area (Å²) in [4.78, 5) is 4.60. The summed E-state index contributed by atoms with van der Waals surface area (Å²) in [6.07, 6.45) is 3.26. The zero-order valence-electron chi connectivity index (χ0n) is 12.6. The second kappa shape index (κ2) is 8.67. The van der Waals surface area contributed by atoms with Crippen molar-refractivity contribution in [2.75, 3.05) is 31.9 Å². The number of ether oxygens (including phenoxy) is 2. The van der Waals surface area contributed by atoms with Crippen molar-refractivity contribution in [2.24, 2.45) is 4.99 Å². The SMILES string of the molecule is CCNC(=NCc1ccc2c(c1)OCO2)NCCCSC. The molecule has 0 unspecified atom stereocenters. The molecule has 1 aliphatic heterocycles. The lowest BCUT2D eigenvalue weighted by Crippen LogP contribution is -2.37. The Morgan fingerprint density at radius 3 is 2.95 bits per heavy atom. The van der Waals surface area contributed by atoms with Crippen molar-refractivity contribution in [3.05, 3.63) is 23.8 Å². The third-order valence-electron chi connectivity index (χ3n) is 3.02. The van der Waals surface area contributed by atoms with E-state index in [1.54, 1.807) is 0 Å². The third-order valence-corrected chi connectivity index (χ3v) is 3.72. The van der Waals surface area contributed by atoms with Crippen LogP contribution < -0.4 is 20.1 Å². The van der Waals surface area contributed by atoms with E-state index in [9.17, 15) is 0 Å². The Balaban J connectivity index is 1.89. The number of rotatable bonds is 7. The van der Waals surface area contributed by atoms with Crippen LogP contribution in [0.1, 0.15) is 18.9 Å². The van der Waals surface area contributed by atoms with E-state index in [1.807, 2.05) is 30.0 Å². The van der Waals surface area contributed by atoms with Crippen molar-refractivity contribution in [2.45, 2.75) is 19.9 Å². The van der Waals surface area contributed by atoms with Gasteiger partial charge >= 0.3 is 0 Å². The molecule has 2 N–H and O–H groups in total. The second-order valence-electron chi connectivity index (χ2n) is 4.66. The van der Waals surface area contributed by atoms with E-state index < -0.39 is 0 Å².